The van der Waals surface area contributed by atoms with E-state index in [9.17, 15) is 0 Å². The fraction of sp³-hybridized carbons (Fsp3) is 0.444. The molecule has 2 aliphatic rings. The van der Waals surface area contributed by atoms with Gasteiger partial charge in [0, 0.05) is 24.4 Å². The highest BCUT2D eigenvalue weighted by Gasteiger charge is 2.24. The van der Waals surface area contributed by atoms with Crippen molar-refractivity contribution in [2.45, 2.75) is 36.4 Å². The van der Waals surface area contributed by atoms with Crippen LogP contribution in [0.5, 0.6) is 5.75 Å². The van der Waals surface area contributed by atoms with Gasteiger partial charge in [-0.2, -0.15) is 0 Å². The summed E-state index contributed by atoms with van der Waals surface area (Å²) in [5.41, 5.74) is 9.45. The van der Waals surface area contributed by atoms with Gasteiger partial charge in [-0.15, -0.1) is 0 Å². The number of ether oxygens (including phenoxy) is 1. The van der Waals surface area contributed by atoms with Gasteiger partial charge in [-0.3, -0.25) is 0 Å². The number of likely N-dealkylation sites (N-methyl/N-ethyl adjacent to an activating group) is 1. The van der Waals surface area contributed by atoms with Crippen LogP contribution in [0.15, 0.2) is 27.2 Å². The van der Waals surface area contributed by atoms with Gasteiger partial charge in [-0.05, 0) is 30.7 Å². The Morgan fingerprint density at radius 1 is 1.42 bits per heavy atom. The maximum Gasteiger partial charge on any atom is 0.175 e. The number of nitrogens with zero attached hydrogens (tertiary/aromatic N) is 3. The predicted octanol–water partition coefficient (Wildman–Crippen LogP) is 1.84. The molecule has 2 aromatic rings. The minimum Gasteiger partial charge on any atom is -0.493 e. The molecule has 0 aliphatic carbocycles. The molecule has 0 saturated heterocycles. The van der Waals surface area contributed by atoms with Gasteiger partial charge in [0.25, 0.3) is 0 Å². The van der Waals surface area contributed by atoms with Gasteiger partial charge in [0.15, 0.2) is 5.16 Å². The number of hydrogen-bond acceptors (Lipinski definition) is 7. The molecule has 4 N–H and O–H groups in total. The number of aliphatic imine (C=N–C) groups is 1. The van der Waals surface area contributed by atoms with Crippen LogP contribution in [-0.2, 0) is 19.4 Å². The predicted molar refractivity (Wildman–Crippen MR) is 105 cm³/mol. The molecular formula is C18H24N6OS. The zero-order valence-corrected chi connectivity index (χ0v) is 15.9. The Bertz CT molecular complexity index is 860. The number of anilines is 1. The lowest BCUT2D eigenvalue weighted by molar-refractivity contribution is 0.356. The fourth-order valence-corrected chi connectivity index (χ4v) is 4.43. The Morgan fingerprint density at radius 3 is 3.12 bits per heavy atom. The molecule has 0 amide bonds. The van der Waals surface area contributed by atoms with Crippen molar-refractivity contribution >= 4 is 23.4 Å². The molecule has 26 heavy (non-hydrogen) atoms. The molecule has 4 rings (SSSR count). The van der Waals surface area contributed by atoms with Crippen LogP contribution in [0.3, 0.4) is 0 Å². The van der Waals surface area contributed by atoms with E-state index in [-0.39, 0.29) is 0 Å². The number of aryl methyl sites for hydroxylation is 1. The summed E-state index contributed by atoms with van der Waals surface area (Å²) in [4.78, 5) is 10.2. The molecule has 1 aromatic heterocycles. The Morgan fingerprint density at radius 2 is 2.31 bits per heavy atom. The number of hydrogen-bond donors (Lipinski definition) is 3. The summed E-state index contributed by atoms with van der Waals surface area (Å²) in [5.74, 6) is 2.45. The van der Waals surface area contributed by atoms with Gasteiger partial charge in [0.05, 0.1) is 6.61 Å². The number of benzene rings is 1. The van der Waals surface area contributed by atoms with Crippen LogP contribution in [-0.4, -0.2) is 42.3 Å². The van der Waals surface area contributed by atoms with Crippen LogP contribution in [0.2, 0.25) is 0 Å². The standard InChI is InChI=1S/C18H24N6OS/c1-3-11-8-12-4-7-25-13(12)9-14(11)26-18-23-15-16(19)21-10-22-17(15)24(18)6-5-20-2/h8-9,20,22H,3-7,10H2,1-2H3,(H2,19,21). The number of nitrogens with one attached hydrogen (secondary N) is 2. The summed E-state index contributed by atoms with van der Waals surface area (Å²) >= 11 is 1.67. The molecule has 0 unspecified atom stereocenters. The Kier molecular flexibility index (Phi) is 4.78. The van der Waals surface area contributed by atoms with Gasteiger partial charge >= 0.3 is 0 Å². The Balaban J connectivity index is 1.73. The first-order valence-electron chi connectivity index (χ1n) is 8.97. The van der Waals surface area contributed by atoms with E-state index in [4.69, 9.17) is 15.5 Å². The van der Waals surface area contributed by atoms with E-state index >= 15 is 0 Å². The summed E-state index contributed by atoms with van der Waals surface area (Å²) < 4.78 is 7.95. The third-order valence-electron chi connectivity index (χ3n) is 4.71. The van der Waals surface area contributed by atoms with Gasteiger partial charge in [0.2, 0.25) is 0 Å². The van der Waals surface area contributed by atoms with E-state index in [2.05, 4.69) is 39.2 Å². The van der Waals surface area contributed by atoms with E-state index < -0.39 is 0 Å². The van der Waals surface area contributed by atoms with Crippen molar-refractivity contribution in [1.29, 1.82) is 0 Å². The first-order valence-corrected chi connectivity index (χ1v) is 9.78. The summed E-state index contributed by atoms with van der Waals surface area (Å²) in [5, 5.41) is 7.44. The fourth-order valence-electron chi connectivity index (χ4n) is 3.30. The van der Waals surface area contributed by atoms with Gasteiger partial charge in [0.1, 0.15) is 29.8 Å². The second-order valence-corrected chi connectivity index (χ2v) is 7.36. The Hall–Kier alpha value is -2.19. The molecule has 3 heterocycles. The summed E-state index contributed by atoms with van der Waals surface area (Å²) in [6.45, 7) is 5.11. The Labute approximate surface area is 157 Å². The van der Waals surface area contributed by atoms with E-state index in [1.807, 2.05) is 7.05 Å². The van der Waals surface area contributed by atoms with Crippen molar-refractivity contribution in [1.82, 2.24) is 14.9 Å². The summed E-state index contributed by atoms with van der Waals surface area (Å²) in [6.07, 6.45) is 1.98. The van der Waals surface area contributed by atoms with Gasteiger partial charge in [-0.1, -0.05) is 24.8 Å². The van der Waals surface area contributed by atoms with Crippen LogP contribution >= 0.6 is 11.8 Å². The second-order valence-electron chi connectivity index (χ2n) is 6.35. The summed E-state index contributed by atoms with van der Waals surface area (Å²) in [7, 11) is 1.95. The monoisotopic (exact) mass is 372 g/mol. The van der Waals surface area contributed by atoms with Crippen molar-refractivity contribution < 1.29 is 4.74 Å². The zero-order chi connectivity index (χ0) is 18.1. The number of imidazole rings is 1. The van der Waals surface area contributed by atoms with E-state index in [1.165, 1.54) is 16.0 Å². The van der Waals surface area contributed by atoms with Crippen LogP contribution in [0, 0.1) is 0 Å². The number of fused-ring (bicyclic) bond motifs is 2. The molecule has 8 heteroatoms. The van der Waals surface area contributed by atoms with Crippen LogP contribution in [0.1, 0.15) is 23.7 Å². The molecule has 138 valence electrons. The molecule has 0 atom stereocenters. The highest BCUT2D eigenvalue weighted by atomic mass is 32.2. The molecule has 0 spiro atoms. The van der Waals surface area contributed by atoms with Crippen molar-refractivity contribution in [2.24, 2.45) is 10.7 Å². The van der Waals surface area contributed by atoms with Gasteiger partial charge < -0.3 is 25.7 Å². The van der Waals surface area contributed by atoms with Crippen molar-refractivity contribution in [3.63, 3.8) is 0 Å². The quantitative estimate of drug-likeness (QED) is 0.717. The molecule has 0 bridgehead atoms. The maximum absolute atomic E-state index is 6.07. The lowest BCUT2D eigenvalue weighted by Crippen LogP contribution is -2.24. The van der Waals surface area contributed by atoms with Crippen LogP contribution < -0.4 is 21.1 Å². The van der Waals surface area contributed by atoms with Gasteiger partial charge in [-0.25, -0.2) is 9.98 Å². The normalized spacial score (nSPS) is 15.1. The second kappa shape index (κ2) is 7.20. The number of nitrogens with two attached hydrogens (primary N) is 1. The average molecular weight is 372 g/mol. The smallest absolute Gasteiger partial charge is 0.175 e. The van der Waals surface area contributed by atoms with Crippen molar-refractivity contribution in [3.8, 4) is 5.75 Å². The molecule has 0 fully saturated rings. The van der Waals surface area contributed by atoms with E-state index in [0.717, 1.165) is 55.0 Å². The minimum atomic E-state index is 0.487. The zero-order valence-electron chi connectivity index (χ0n) is 15.1. The van der Waals surface area contributed by atoms with Crippen molar-refractivity contribution in [3.05, 3.63) is 29.0 Å². The number of rotatable bonds is 6. The SMILES string of the molecule is CCc1cc2c(cc1Sc1nc3c(n1CCNC)NCN=C3N)OCC2. The molecule has 0 radical (unpaired) electrons. The molecule has 1 aromatic carbocycles. The van der Waals surface area contributed by atoms with Crippen LogP contribution in [0.4, 0.5) is 5.82 Å². The molecular weight excluding hydrogens is 348 g/mol. The van der Waals surface area contributed by atoms with E-state index in [0.29, 0.717) is 12.5 Å². The maximum atomic E-state index is 6.07. The summed E-state index contributed by atoms with van der Waals surface area (Å²) in [6, 6.07) is 4.44. The molecule has 2 aliphatic heterocycles. The molecule has 0 saturated carbocycles. The van der Waals surface area contributed by atoms with Crippen molar-refractivity contribution in [2.75, 3.05) is 32.2 Å². The highest BCUT2D eigenvalue weighted by molar-refractivity contribution is 7.99. The number of aromatic nitrogens is 2. The first-order chi connectivity index (χ1) is 12.7. The third kappa shape index (κ3) is 3.03. The average Bonchev–Trinajstić information content (AvgIpc) is 3.24. The lowest BCUT2D eigenvalue weighted by atomic mass is 10.1. The number of amidine groups is 1. The third-order valence-corrected chi connectivity index (χ3v) is 5.81. The van der Waals surface area contributed by atoms with E-state index in [1.54, 1.807) is 11.8 Å². The lowest BCUT2D eigenvalue weighted by Gasteiger charge is -2.16. The minimum absolute atomic E-state index is 0.487. The largest absolute Gasteiger partial charge is 0.493 e. The van der Waals surface area contributed by atoms with Crippen LogP contribution in [0.25, 0.3) is 0 Å². The topological polar surface area (TPSA) is 89.5 Å². The molecule has 7 nitrogen and oxygen atoms in total. The highest BCUT2D eigenvalue weighted by Crippen LogP contribution is 2.38. The first kappa shape index (κ1) is 17.2.